The van der Waals surface area contributed by atoms with Crippen LogP contribution in [0.3, 0.4) is 0 Å². The molecule has 0 atom stereocenters. The van der Waals surface area contributed by atoms with E-state index in [9.17, 15) is 4.79 Å². The monoisotopic (exact) mass is 355 g/mol. The SMILES string of the molecule is CN(CC(=O)N1CCCC1)c1cc(Br)ccc1C(N)=S. The van der Waals surface area contributed by atoms with Crippen LogP contribution in [0.4, 0.5) is 5.69 Å². The molecule has 1 saturated heterocycles. The average Bonchev–Trinajstić information content (AvgIpc) is 2.92. The third kappa shape index (κ3) is 3.49. The first-order valence-corrected chi connectivity index (χ1v) is 7.77. The van der Waals surface area contributed by atoms with E-state index in [0.29, 0.717) is 11.5 Å². The van der Waals surface area contributed by atoms with E-state index in [4.69, 9.17) is 18.0 Å². The fraction of sp³-hybridized carbons (Fsp3) is 0.429. The van der Waals surface area contributed by atoms with E-state index >= 15 is 0 Å². The number of nitrogens with zero attached hydrogens (tertiary/aromatic N) is 2. The van der Waals surface area contributed by atoms with Gasteiger partial charge in [-0.3, -0.25) is 4.79 Å². The molecule has 0 unspecified atom stereocenters. The van der Waals surface area contributed by atoms with Crippen molar-refractivity contribution in [2.75, 3.05) is 31.6 Å². The predicted molar refractivity (Wildman–Crippen MR) is 89.1 cm³/mol. The van der Waals surface area contributed by atoms with Gasteiger partial charge in [0.15, 0.2) is 0 Å². The van der Waals surface area contributed by atoms with Gasteiger partial charge in [0.2, 0.25) is 5.91 Å². The van der Waals surface area contributed by atoms with Gasteiger partial charge in [-0.15, -0.1) is 0 Å². The number of carbonyl (C=O) groups excluding carboxylic acids is 1. The van der Waals surface area contributed by atoms with Crippen LogP contribution in [0.1, 0.15) is 18.4 Å². The molecule has 0 bridgehead atoms. The molecule has 0 radical (unpaired) electrons. The van der Waals surface area contributed by atoms with Crippen LogP contribution in [-0.2, 0) is 4.79 Å². The molecule has 2 N–H and O–H groups in total. The van der Waals surface area contributed by atoms with Crippen molar-refractivity contribution in [3.05, 3.63) is 28.2 Å². The minimum Gasteiger partial charge on any atom is -0.389 e. The van der Waals surface area contributed by atoms with Gasteiger partial charge in [0.25, 0.3) is 0 Å². The van der Waals surface area contributed by atoms with Crippen molar-refractivity contribution in [3.63, 3.8) is 0 Å². The Kier molecular flexibility index (Phi) is 4.99. The normalized spacial score (nSPS) is 14.4. The standard InChI is InChI=1S/C14H18BrN3OS/c1-17(9-13(19)18-6-2-3-7-18)12-8-10(15)4-5-11(12)14(16)20/h4-5,8H,2-3,6-7,9H2,1H3,(H2,16,20). The lowest BCUT2D eigenvalue weighted by Crippen LogP contribution is -2.37. The molecule has 1 heterocycles. The van der Waals surface area contributed by atoms with E-state index in [1.807, 2.05) is 35.0 Å². The summed E-state index contributed by atoms with van der Waals surface area (Å²) in [5.41, 5.74) is 7.42. The molecular weight excluding hydrogens is 338 g/mol. The highest BCUT2D eigenvalue weighted by atomic mass is 79.9. The van der Waals surface area contributed by atoms with Gasteiger partial charge in [0.1, 0.15) is 4.99 Å². The van der Waals surface area contributed by atoms with E-state index in [1.54, 1.807) is 0 Å². The van der Waals surface area contributed by atoms with E-state index in [0.717, 1.165) is 41.7 Å². The van der Waals surface area contributed by atoms with Crippen molar-refractivity contribution in [2.45, 2.75) is 12.8 Å². The Bertz CT molecular complexity index is 529. The molecule has 108 valence electrons. The Hall–Kier alpha value is -1.14. The van der Waals surface area contributed by atoms with Crippen molar-refractivity contribution >= 4 is 44.7 Å². The molecule has 1 aromatic rings. The van der Waals surface area contributed by atoms with Gasteiger partial charge in [0.05, 0.1) is 6.54 Å². The summed E-state index contributed by atoms with van der Waals surface area (Å²) < 4.78 is 0.938. The average molecular weight is 356 g/mol. The number of rotatable bonds is 4. The van der Waals surface area contributed by atoms with E-state index in [-0.39, 0.29) is 5.91 Å². The molecule has 4 nitrogen and oxygen atoms in total. The first kappa shape index (κ1) is 15.3. The summed E-state index contributed by atoms with van der Waals surface area (Å²) in [7, 11) is 1.89. The maximum Gasteiger partial charge on any atom is 0.242 e. The maximum atomic E-state index is 12.2. The fourth-order valence-electron chi connectivity index (χ4n) is 2.38. The lowest BCUT2D eigenvalue weighted by molar-refractivity contribution is -0.128. The summed E-state index contributed by atoms with van der Waals surface area (Å²) in [5, 5.41) is 0. The van der Waals surface area contributed by atoms with Crippen molar-refractivity contribution in [1.29, 1.82) is 0 Å². The molecule has 0 spiro atoms. The first-order chi connectivity index (χ1) is 9.49. The Morgan fingerprint density at radius 1 is 1.45 bits per heavy atom. The highest BCUT2D eigenvalue weighted by molar-refractivity contribution is 9.10. The van der Waals surface area contributed by atoms with Crippen LogP contribution in [-0.4, -0.2) is 42.5 Å². The minimum absolute atomic E-state index is 0.152. The number of likely N-dealkylation sites (tertiary alicyclic amines) is 1. The minimum atomic E-state index is 0.152. The van der Waals surface area contributed by atoms with Crippen LogP contribution < -0.4 is 10.6 Å². The first-order valence-electron chi connectivity index (χ1n) is 6.57. The van der Waals surface area contributed by atoms with Crippen LogP contribution in [0, 0.1) is 0 Å². The third-order valence-electron chi connectivity index (χ3n) is 3.47. The fourth-order valence-corrected chi connectivity index (χ4v) is 2.91. The van der Waals surface area contributed by atoms with Crippen molar-refractivity contribution in [2.24, 2.45) is 5.73 Å². The molecule has 2 rings (SSSR count). The number of benzene rings is 1. The lowest BCUT2D eigenvalue weighted by Gasteiger charge is -2.24. The molecule has 1 aliphatic heterocycles. The van der Waals surface area contributed by atoms with Gasteiger partial charge in [-0.2, -0.15) is 0 Å². The molecule has 1 aliphatic rings. The van der Waals surface area contributed by atoms with Gasteiger partial charge in [-0.25, -0.2) is 0 Å². The molecule has 6 heteroatoms. The smallest absolute Gasteiger partial charge is 0.242 e. The highest BCUT2D eigenvalue weighted by Crippen LogP contribution is 2.24. The Morgan fingerprint density at radius 2 is 2.10 bits per heavy atom. The number of likely N-dealkylation sites (N-methyl/N-ethyl adjacent to an activating group) is 1. The maximum absolute atomic E-state index is 12.2. The quantitative estimate of drug-likeness (QED) is 0.840. The van der Waals surface area contributed by atoms with Gasteiger partial charge in [-0.1, -0.05) is 28.1 Å². The summed E-state index contributed by atoms with van der Waals surface area (Å²) in [5.74, 6) is 0.152. The topological polar surface area (TPSA) is 49.6 Å². The Labute approximate surface area is 133 Å². The zero-order valence-corrected chi connectivity index (χ0v) is 13.8. The molecule has 1 fully saturated rings. The van der Waals surface area contributed by atoms with Crippen LogP contribution in [0.25, 0.3) is 0 Å². The second-order valence-corrected chi connectivity index (χ2v) is 6.33. The summed E-state index contributed by atoms with van der Waals surface area (Å²) in [4.78, 5) is 16.4. The van der Waals surface area contributed by atoms with Crippen LogP contribution >= 0.6 is 28.1 Å². The number of halogens is 1. The number of hydrogen-bond acceptors (Lipinski definition) is 3. The molecule has 1 amide bonds. The second-order valence-electron chi connectivity index (χ2n) is 4.97. The van der Waals surface area contributed by atoms with Gasteiger partial charge in [-0.05, 0) is 31.0 Å². The van der Waals surface area contributed by atoms with Crippen molar-refractivity contribution < 1.29 is 4.79 Å². The van der Waals surface area contributed by atoms with E-state index < -0.39 is 0 Å². The summed E-state index contributed by atoms with van der Waals surface area (Å²) in [6, 6.07) is 5.71. The largest absolute Gasteiger partial charge is 0.389 e. The number of thiocarbonyl (C=S) groups is 1. The molecule has 0 saturated carbocycles. The van der Waals surface area contributed by atoms with Crippen LogP contribution in [0.5, 0.6) is 0 Å². The molecule has 0 aliphatic carbocycles. The van der Waals surface area contributed by atoms with Crippen molar-refractivity contribution in [1.82, 2.24) is 4.90 Å². The zero-order chi connectivity index (χ0) is 14.7. The Balaban J connectivity index is 2.15. The summed E-state index contributed by atoms with van der Waals surface area (Å²) >= 11 is 8.51. The Morgan fingerprint density at radius 3 is 2.70 bits per heavy atom. The highest BCUT2D eigenvalue weighted by Gasteiger charge is 2.20. The van der Waals surface area contributed by atoms with Crippen molar-refractivity contribution in [3.8, 4) is 0 Å². The summed E-state index contributed by atoms with van der Waals surface area (Å²) in [6.07, 6.45) is 2.20. The lowest BCUT2D eigenvalue weighted by atomic mass is 10.1. The van der Waals surface area contributed by atoms with E-state index in [1.165, 1.54) is 0 Å². The number of hydrogen-bond donors (Lipinski definition) is 1. The number of anilines is 1. The second kappa shape index (κ2) is 6.54. The predicted octanol–water partition coefficient (Wildman–Crippen LogP) is 2.14. The molecule has 1 aromatic carbocycles. The third-order valence-corrected chi connectivity index (χ3v) is 4.18. The van der Waals surface area contributed by atoms with E-state index in [2.05, 4.69) is 15.9 Å². The van der Waals surface area contributed by atoms with Gasteiger partial charge in [0, 0.05) is 35.9 Å². The molecule has 20 heavy (non-hydrogen) atoms. The number of carbonyl (C=O) groups is 1. The summed E-state index contributed by atoms with van der Waals surface area (Å²) in [6.45, 7) is 2.08. The molecular formula is C14H18BrN3OS. The molecule has 0 aromatic heterocycles. The zero-order valence-electron chi connectivity index (χ0n) is 11.4. The number of nitrogens with two attached hydrogens (primary N) is 1. The van der Waals surface area contributed by atoms with Crippen LogP contribution in [0.15, 0.2) is 22.7 Å². The number of amides is 1. The van der Waals surface area contributed by atoms with Gasteiger partial charge >= 0.3 is 0 Å². The van der Waals surface area contributed by atoms with Crippen LogP contribution in [0.2, 0.25) is 0 Å². The van der Waals surface area contributed by atoms with Gasteiger partial charge < -0.3 is 15.5 Å².